The van der Waals surface area contributed by atoms with Gasteiger partial charge in [0.25, 0.3) is 0 Å². The fourth-order valence-electron chi connectivity index (χ4n) is 2.09. The Hall–Kier alpha value is -0.930. The van der Waals surface area contributed by atoms with E-state index in [-0.39, 0.29) is 0 Å². The van der Waals surface area contributed by atoms with E-state index in [2.05, 4.69) is 16.4 Å². The van der Waals surface area contributed by atoms with E-state index in [1.807, 2.05) is 18.5 Å². The molecule has 0 amide bonds. The van der Waals surface area contributed by atoms with Gasteiger partial charge in [0.2, 0.25) is 0 Å². The molecule has 3 nitrogen and oxygen atoms in total. The number of rotatable bonds is 3. The minimum Gasteiger partial charge on any atom is -0.328 e. The first-order valence-electron chi connectivity index (χ1n) is 5.72. The van der Waals surface area contributed by atoms with Crippen molar-refractivity contribution in [1.82, 2.24) is 10.3 Å². The van der Waals surface area contributed by atoms with Crippen molar-refractivity contribution in [2.75, 3.05) is 0 Å². The van der Waals surface area contributed by atoms with Gasteiger partial charge in [-0.15, -0.1) is 0 Å². The van der Waals surface area contributed by atoms with Crippen LogP contribution in [0.1, 0.15) is 31.2 Å². The molecule has 15 heavy (non-hydrogen) atoms. The Morgan fingerprint density at radius 1 is 1.33 bits per heavy atom. The van der Waals surface area contributed by atoms with Crippen LogP contribution in [-0.2, 0) is 6.54 Å². The van der Waals surface area contributed by atoms with E-state index in [0.29, 0.717) is 12.1 Å². The van der Waals surface area contributed by atoms with Crippen LogP contribution in [-0.4, -0.2) is 17.1 Å². The predicted octanol–water partition coefficient (Wildman–Crippen LogP) is 1.44. The van der Waals surface area contributed by atoms with Gasteiger partial charge >= 0.3 is 0 Å². The summed E-state index contributed by atoms with van der Waals surface area (Å²) in [6.45, 7) is 0.924. The molecule has 0 aromatic carbocycles. The number of pyridine rings is 1. The van der Waals surface area contributed by atoms with Crippen LogP contribution in [0, 0.1) is 0 Å². The molecule has 1 fully saturated rings. The van der Waals surface area contributed by atoms with Crippen molar-refractivity contribution in [1.29, 1.82) is 0 Å². The molecule has 0 saturated heterocycles. The number of nitrogens with two attached hydrogens (primary N) is 1. The van der Waals surface area contributed by atoms with Crippen molar-refractivity contribution in [3.63, 3.8) is 0 Å². The molecule has 1 heterocycles. The zero-order valence-corrected chi connectivity index (χ0v) is 9.02. The van der Waals surface area contributed by atoms with Gasteiger partial charge in [-0.3, -0.25) is 4.98 Å². The largest absolute Gasteiger partial charge is 0.328 e. The second-order valence-corrected chi connectivity index (χ2v) is 4.35. The molecule has 0 radical (unpaired) electrons. The third-order valence-corrected chi connectivity index (χ3v) is 3.09. The van der Waals surface area contributed by atoms with Gasteiger partial charge in [0, 0.05) is 31.0 Å². The summed E-state index contributed by atoms with van der Waals surface area (Å²) in [5.41, 5.74) is 7.12. The molecule has 1 aromatic rings. The fraction of sp³-hybridized carbons (Fsp3) is 0.583. The van der Waals surface area contributed by atoms with Gasteiger partial charge in [-0.05, 0) is 37.3 Å². The van der Waals surface area contributed by atoms with Gasteiger partial charge in [0.05, 0.1) is 0 Å². The molecule has 0 spiro atoms. The fourth-order valence-corrected chi connectivity index (χ4v) is 2.09. The summed E-state index contributed by atoms with van der Waals surface area (Å²) in [4.78, 5) is 4.10. The highest BCUT2D eigenvalue weighted by Crippen LogP contribution is 2.17. The third-order valence-electron chi connectivity index (χ3n) is 3.09. The highest BCUT2D eigenvalue weighted by atomic mass is 14.9. The number of aromatic nitrogens is 1. The van der Waals surface area contributed by atoms with Crippen molar-refractivity contribution >= 4 is 0 Å². The lowest BCUT2D eigenvalue weighted by Gasteiger charge is -2.26. The molecule has 1 aliphatic carbocycles. The Balaban J connectivity index is 1.74. The van der Waals surface area contributed by atoms with Gasteiger partial charge in [0.1, 0.15) is 0 Å². The van der Waals surface area contributed by atoms with Crippen LogP contribution in [0.25, 0.3) is 0 Å². The molecular weight excluding hydrogens is 186 g/mol. The Kier molecular flexibility index (Phi) is 3.69. The maximum atomic E-state index is 5.87. The van der Waals surface area contributed by atoms with E-state index in [1.165, 1.54) is 18.4 Å². The Bertz CT molecular complexity index is 278. The molecule has 1 aliphatic rings. The predicted molar refractivity (Wildman–Crippen MR) is 61.3 cm³/mol. The SMILES string of the molecule is NC1CCC(NCc2cccnc2)CC1. The lowest BCUT2D eigenvalue weighted by Crippen LogP contribution is -2.37. The maximum absolute atomic E-state index is 5.87. The molecule has 0 bridgehead atoms. The smallest absolute Gasteiger partial charge is 0.0312 e. The average Bonchev–Trinajstić information content (AvgIpc) is 2.30. The summed E-state index contributed by atoms with van der Waals surface area (Å²) in [5.74, 6) is 0. The molecule has 82 valence electrons. The molecule has 0 unspecified atom stereocenters. The lowest BCUT2D eigenvalue weighted by molar-refractivity contribution is 0.341. The van der Waals surface area contributed by atoms with Crippen molar-refractivity contribution in [2.24, 2.45) is 5.73 Å². The summed E-state index contributed by atoms with van der Waals surface area (Å²) in [5, 5.41) is 3.56. The van der Waals surface area contributed by atoms with Crippen LogP contribution in [0.3, 0.4) is 0 Å². The van der Waals surface area contributed by atoms with Crippen LogP contribution in [0.2, 0.25) is 0 Å². The first-order valence-corrected chi connectivity index (χ1v) is 5.72. The highest BCUT2D eigenvalue weighted by Gasteiger charge is 2.17. The number of hydrogen-bond acceptors (Lipinski definition) is 3. The zero-order chi connectivity index (χ0) is 10.5. The molecule has 1 saturated carbocycles. The summed E-state index contributed by atoms with van der Waals surface area (Å²) in [7, 11) is 0. The number of hydrogen-bond donors (Lipinski definition) is 2. The summed E-state index contributed by atoms with van der Waals surface area (Å²) in [6, 6.07) is 5.16. The quantitative estimate of drug-likeness (QED) is 0.785. The molecule has 0 aliphatic heterocycles. The minimum atomic E-state index is 0.432. The van der Waals surface area contributed by atoms with Crippen molar-refractivity contribution in [3.8, 4) is 0 Å². The van der Waals surface area contributed by atoms with E-state index in [1.54, 1.807) is 0 Å². The first-order chi connectivity index (χ1) is 7.34. The Morgan fingerprint density at radius 2 is 2.13 bits per heavy atom. The van der Waals surface area contributed by atoms with Crippen LogP contribution >= 0.6 is 0 Å². The second-order valence-electron chi connectivity index (χ2n) is 4.35. The van der Waals surface area contributed by atoms with Crippen molar-refractivity contribution in [2.45, 2.75) is 44.3 Å². The summed E-state index contributed by atoms with van der Waals surface area (Å²) >= 11 is 0. The molecule has 2 rings (SSSR count). The topological polar surface area (TPSA) is 50.9 Å². The highest BCUT2D eigenvalue weighted by molar-refractivity contribution is 5.08. The lowest BCUT2D eigenvalue weighted by atomic mass is 9.92. The normalized spacial score (nSPS) is 26.5. The van der Waals surface area contributed by atoms with E-state index in [4.69, 9.17) is 5.73 Å². The van der Waals surface area contributed by atoms with Gasteiger partial charge in [-0.2, -0.15) is 0 Å². The summed E-state index contributed by atoms with van der Waals surface area (Å²) in [6.07, 6.45) is 8.46. The van der Waals surface area contributed by atoms with Crippen LogP contribution < -0.4 is 11.1 Å². The average molecular weight is 205 g/mol. The van der Waals surface area contributed by atoms with E-state index in [9.17, 15) is 0 Å². The monoisotopic (exact) mass is 205 g/mol. The van der Waals surface area contributed by atoms with Gasteiger partial charge < -0.3 is 11.1 Å². The zero-order valence-electron chi connectivity index (χ0n) is 9.02. The molecule has 3 N–H and O–H groups in total. The Labute approximate surface area is 91.1 Å². The Morgan fingerprint density at radius 3 is 2.80 bits per heavy atom. The van der Waals surface area contributed by atoms with E-state index >= 15 is 0 Å². The van der Waals surface area contributed by atoms with Gasteiger partial charge in [0.15, 0.2) is 0 Å². The molecule has 3 heteroatoms. The van der Waals surface area contributed by atoms with Crippen LogP contribution in [0.15, 0.2) is 24.5 Å². The van der Waals surface area contributed by atoms with E-state index in [0.717, 1.165) is 19.4 Å². The first kappa shape index (κ1) is 10.6. The van der Waals surface area contributed by atoms with Gasteiger partial charge in [-0.25, -0.2) is 0 Å². The third kappa shape index (κ3) is 3.29. The standard InChI is InChI=1S/C12H19N3/c13-11-3-5-12(6-4-11)15-9-10-2-1-7-14-8-10/h1-2,7-8,11-12,15H,3-6,9,13H2. The van der Waals surface area contributed by atoms with Crippen molar-refractivity contribution < 1.29 is 0 Å². The van der Waals surface area contributed by atoms with Crippen LogP contribution in [0.5, 0.6) is 0 Å². The van der Waals surface area contributed by atoms with Gasteiger partial charge in [-0.1, -0.05) is 6.07 Å². The maximum Gasteiger partial charge on any atom is 0.0312 e. The van der Waals surface area contributed by atoms with E-state index < -0.39 is 0 Å². The summed E-state index contributed by atoms with van der Waals surface area (Å²) < 4.78 is 0. The molecular formula is C12H19N3. The van der Waals surface area contributed by atoms with Crippen molar-refractivity contribution in [3.05, 3.63) is 30.1 Å². The second kappa shape index (κ2) is 5.24. The molecule has 1 aromatic heterocycles. The van der Waals surface area contributed by atoms with Crippen LogP contribution in [0.4, 0.5) is 0 Å². The molecule has 0 atom stereocenters. The minimum absolute atomic E-state index is 0.432. The number of nitrogens with zero attached hydrogens (tertiary/aromatic N) is 1. The number of nitrogens with one attached hydrogen (secondary N) is 1.